The molecule has 2 rings (SSSR count). The van der Waals surface area contributed by atoms with E-state index in [1.54, 1.807) is 17.1 Å². The lowest BCUT2D eigenvalue weighted by Gasteiger charge is -2.03. The van der Waals surface area contributed by atoms with Crippen molar-refractivity contribution < 1.29 is 0 Å². The first kappa shape index (κ1) is 8.18. The maximum Gasteiger partial charge on any atom is 0.172 e. The lowest BCUT2D eigenvalue weighted by Crippen LogP contribution is -2.03. The molecular weight excluding hydrogens is 234 g/mol. The van der Waals surface area contributed by atoms with Crippen LogP contribution >= 0.6 is 15.9 Å². The van der Waals surface area contributed by atoms with Crippen LogP contribution in [0.2, 0.25) is 0 Å². The van der Waals surface area contributed by atoms with Crippen molar-refractivity contribution in [3.63, 3.8) is 0 Å². The Morgan fingerprint density at radius 3 is 2.92 bits per heavy atom. The quantitative estimate of drug-likeness (QED) is 0.807. The van der Waals surface area contributed by atoms with Crippen molar-refractivity contribution in [1.82, 2.24) is 19.7 Å². The first-order chi connectivity index (χ1) is 6.29. The molecule has 0 atom stereocenters. The number of nitrogens with two attached hydrogens (primary N) is 1. The highest BCUT2D eigenvalue weighted by Gasteiger charge is 2.06. The molecule has 0 aliphatic rings. The summed E-state index contributed by atoms with van der Waals surface area (Å²) in [6, 6.07) is 1.81. The zero-order chi connectivity index (χ0) is 9.26. The van der Waals surface area contributed by atoms with Crippen molar-refractivity contribution >= 4 is 21.7 Å². The number of nitrogens with zero attached hydrogens (tertiary/aromatic N) is 4. The summed E-state index contributed by atoms with van der Waals surface area (Å²) < 4.78 is 2.26. The Morgan fingerprint density at radius 1 is 1.38 bits per heavy atom. The van der Waals surface area contributed by atoms with Crippen LogP contribution in [0.15, 0.2) is 29.3 Å². The Labute approximate surface area is 82.7 Å². The van der Waals surface area contributed by atoms with Crippen LogP contribution in [0, 0.1) is 0 Å². The lowest BCUT2D eigenvalue weighted by molar-refractivity contribution is 0.835. The van der Waals surface area contributed by atoms with Crippen LogP contribution in [-0.4, -0.2) is 19.7 Å². The van der Waals surface area contributed by atoms with Gasteiger partial charge < -0.3 is 5.73 Å². The van der Waals surface area contributed by atoms with Gasteiger partial charge in [-0.3, -0.25) is 0 Å². The van der Waals surface area contributed by atoms with E-state index in [2.05, 4.69) is 31.0 Å². The molecule has 0 aliphatic carbocycles. The molecule has 2 N–H and O–H groups in total. The minimum absolute atomic E-state index is 0.403. The van der Waals surface area contributed by atoms with E-state index in [1.807, 2.05) is 6.07 Å². The van der Waals surface area contributed by atoms with E-state index in [9.17, 15) is 0 Å². The van der Waals surface area contributed by atoms with Gasteiger partial charge in [-0.15, -0.1) is 0 Å². The van der Waals surface area contributed by atoms with E-state index >= 15 is 0 Å². The minimum atomic E-state index is 0.403. The highest BCUT2D eigenvalue weighted by Crippen LogP contribution is 2.21. The standard InChI is InChI=1S/C7H6BrN5/c8-5-6(9)10-4-11-7(5)13-3-1-2-12-13/h1-4H,(H2,9,10,11). The molecule has 0 radical (unpaired) electrons. The highest BCUT2D eigenvalue weighted by atomic mass is 79.9. The average Bonchev–Trinajstić information content (AvgIpc) is 2.62. The van der Waals surface area contributed by atoms with Crippen molar-refractivity contribution in [3.8, 4) is 5.82 Å². The van der Waals surface area contributed by atoms with Gasteiger partial charge in [-0.2, -0.15) is 5.10 Å². The molecule has 0 amide bonds. The van der Waals surface area contributed by atoms with E-state index in [1.165, 1.54) is 6.33 Å². The molecule has 6 heteroatoms. The molecule has 13 heavy (non-hydrogen) atoms. The van der Waals surface area contributed by atoms with Crippen LogP contribution in [0.4, 0.5) is 5.82 Å². The SMILES string of the molecule is Nc1ncnc(-n2cccn2)c1Br. The molecule has 0 saturated heterocycles. The second kappa shape index (κ2) is 3.14. The highest BCUT2D eigenvalue weighted by molar-refractivity contribution is 9.10. The van der Waals surface area contributed by atoms with Gasteiger partial charge in [-0.25, -0.2) is 14.6 Å². The van der Waals surface area contributed by atoms with Gasteiger partial charge in [0.2, 0.25) is 0 Å². The first-order valence-electron chi connectivity index (χ1n) is 3.55. The summed E-state index contributed by atoms with van der Waals surface area (Å²) in [5.41, 5.74) is 5.59. The number of nitrogen functional groups attached to an aromatic ring is 1. The van der Waals surface area contributed by atoms with Gasteiger partial charge in [0.25, 0.3) is 0 Å². The predicted molar refractivity (Wildman–Crippen MR) is 51.3 cm³/mol. The molecular formula is C7H6BrN5. The van der Waals surface area contributed by atoms with Crippen LogP contribution < -0.4 is 5.73 Å². The third kappa shape index (κ3) is 1.40. The molecule has 2 heterocycles. The van der Waals surface area contributed by atoms with E-state index in [4.69, 9.17) is 5.73 Å². The second-order valence-electron chi connectivity index (χ2n) is 2.35. The number of hydrogen-bond donors (Lipinski definition) is 1. The van der Waals surface area contributed by atoms with Gasteiger partial charge in [0.05, 0.1) is 0 Å². The molecule has 0 fully saturated rings. The smallest absolute Gasteiger partial charge is 0.172 e. The molecule has 2 aromatic rings. The summed E-state index contributed by atoms with van der Waals surface area (Å²) in [6.45, 7) is 0. The van der Waals surface area contributed by atoms with E-state index in [-0.39, 0.29) is 0 Å². The van der Waals surface area contributed by atoms with Crippen LogP contribution in [0.5, 0.6) is 0 Å². The van der Waals surface area contributed by atoms with E-state index in [0.717, 1.165) is 0 Å². The van der Waals surface area contributed by atoms with Crippen LogP contribution in [0.1, 0.15) is 0 Å². The number of halogens is 1. The van der Waals surface area contributed by atoms with Crippen LogP contribution in [0.25, 0.3) is 5.82 Å². The van der Waals surface area contributed by atoms with Gasteiger partial charge in [-0.05, 0) is 22.0 Å². The summed E-state index contributed by atoms with van der Waals surface area (Å²) in [7, 11) is 0. The zero-order valence-corrected chi connectivity index (χ0v) is 8.14. The Bertz CT molecular complexity index is 411. The number of anilines is 1. The van der Waals surface area contributed by atoms with Gasteiger partial charge in [0, 0.05) is 12.4 Å². The first-order valence-corrected chi connectivity index (χ1v) is 4.34. The largest absolute Gasteiger partial charge is 0.383 e. The topological polar surface area (TPSA) is 69.6 Å². The Morgan fingerprint density at radius 2 is 2.23 bits per heavy atom. The Kier molecular flexibility index (Phi) is 1.97. The number of hydrogen-bond acceptors (Lipinski definition) is 4. The molecule has 0 bridgehead atoms. The number of rotatable bonds is 1. The van der Waals surface area contributed by atoms with Gasteiger partial charge in [0.15, 0.2) is 5.82 Å². The minimum Gasteiger partial charge on any atom is -0.383 e. The fraction of sp³-hybridized carbons (Fsp3) is 0. The third-order valence-electron chi connectivity index (χ3n) is 1.52. The van der Waals surface area contributed by atoms with E-state index in [0.29, 0.717) is 16.1 Å². The molecule has 66 valence electrons. The molecule has 2 aromatic heterocycles. The van der Waals surface area contributed by atoms with Crippen molar-refractivity contribution in [1.29, 1.82) is 0 Å². The zero-order valence-electron chi connectivity index (χ0n) is 6.55. The summed E-state index contributed by atoms with van der Waals surface area (Å²) in [5, 5.41) is 4.03. The monoisotopic (exact) mass is 239 g/mol. The Balaban J connectivity index is 2.59. The van der Waals surface area contributed by atoms with Crippen LogP contribution in [-0.2, 0) is 0 Å². The van der Waals surface area contributed by atoms with Crippen molar-refractivity contribution in [2.24, 2.45) is 0 Å². The maximum absolute atomic E-state index is 5.59. The fourth-order valence-electron chi connectivity index (χ4n) is 0.927. The predicted octanol–water partition coefficient (Wildman–Crippen LogP) is 1.01. The average molecular weight is 240 g/mol. The van der Waals surface area contributed by atoms with E-state index < -0.39 is 0 Å². The molecule has 0 aromatic carbocycles. The normalized spacial score (nSPS) is 10.2. The van der Waals surface area contributed by atoms with Crippen molar-refractivity contribution in [3.05, 3.63) is 29.3 Å². The van der Waals surface area contributed by atoms with Crippen molar-refractivity contribution in [2.45, 2.75) is 0 Å². The molecule has 0 aliphatic heterocycles. The summed E-state index contributed by atoms with van der Waals surface area (Å²) in [5.74, 6) is 1.04. The summed E-state index contributed by atoms with van der Waals surface area (Å²) >= 11 is 3.29. The Hall–Kier alpha value is -1.43. The molecule has 5 nitrogen and oxygen atoms in total. The molecule has 0 saturated carbocycles. The molecule has 0 unspecified atom stereocenters. The third-order valence-corrected chi connectivity index (χ3v) is 2.28. The van der Waals surface area contributed by atoms with Crippen LogP contribution in [0.3, 0.4) is 0 Å². The molecule has 0 spiro atoms. The van der Waals surface area contributed by atoms with Gasteiger partial charge in [0.1, 0.15) is 16.6 Å². The maximum atomic E-state index is 5.59. The lowest BCUT2D eigenvalue weighted by atomic mass is 10.5. The summed E-state index contributed by atoms with van der Waals surface area (Å²) in [6.07, 6.45) is 4.86. The summed E-state index contributed by atoms with van der Waals surface area (Å²) in [4.78, 5) is 7.87. The fourth-order valence-corrected chi connectivity index (χ4v) is 1.31. The van der Waals surface area contributed by atoms with Crippen molar-refractivity contribution in [2.75, 3.05) is 5.73 Å². The van der Waals surface area contributed by atoms with Gasteiger partial charge in [-0.1, -0.05) is 0 Å². The van der Waals surface area contributed by atoms with Gasteiger partial charge >= 0.3 is 0 Å². The second-order valence-corrected chi connectivity index (χ2v) is 3.14. The number of aromatic nitrogens is 4.